The Balaban J connectivity index is 1.58. The number of hydrogen-bond donors (Lipinski definition) is 0. The third-order valence-electron chi connectivity index (χ3n) is 5.99. The Hall–Kier alpha value is -4.05. The van der Waals surface area contributed by atoms with Crippen LogP contribution in [-0.2, 0) is 28.4 Å². The summed E-state index contributed by atoms with van der Waals surface area (Å²) in [5.74, 6) is -1.86. The molecule has 9 heteroatoms. The molecule has 9 nitrogen and oxygen atoms in total. The number of rotatable bonds is 9. The van der Waals surface area contributed by atoms with Crippen molar-refractivity contribution in [1.82, 2.24) is 0 Å². The van der Waals surface area contributed by atoms with Crippen LogP contribution in [0.1, 0.15) is 31.1 Å². The molecule has 0 aliphatic carbocycles. The van der Waals surface area contributed by atoms with Gasteiger partial charge in [-0.15, -0.1) is 0 Å². The summed E-state index contributed by atoms with van der Waals surface area (Å²) in [5.41, 5.74) is 0.963. The van der Waals surface area contributed by atoms with Crippen LogP contribution in [0, 0.1) is 0 Å². The van der Waals surface area contributed by atoms with Gasteiger partial charge >= 0.3 is 17.9 Å². The first-order valence-electron chi connectivity index (χ1n) is 12.0. The van der Waals surface area contributed by atoms with Crippen LogP contribution in [0.25, 0.3) is 0 Å². The number of ether oxygens (including phenoxy) is 6. The molecule has 0 aromatic heterocycles. The third-order valence-corrected chi connectivity index (χ3v) is 5.99. The summed E-state index contributed by atoms with van der Waals surface area (Å²) in [4.78, 5) is 38.5. The van der Waals surface area contributed by atoms with Crippen LogP contribution in [0.5, 0.6) is 0 Å². The lowest BCUT2D eigenvalue weighted by atomic mass is 9.98. The van der Waals surface area contributed by atoms with Gasteiger partial charge in [0, 0.05) is 14.2 Å². The van der Waals surface area contributed by atoms with Crippen molar-refractivity contribution >= 4 is 17.9 Å². The minimum atomic E-state index is -1.11. The van der Waals surface area contributed by atoms with Gasteiger partial charge in [-0.3, -0.25) is 0 Å². The maximum absolute atomic E-state index is 13.0. The molecular formula is C29H28O9. The fourth-order valence-corrected chi connectivity index (χ4v) is 4.09. The van der Waals surface area contributed by atoms with E-state index in [1.807, 2.05) is 0 Å². The highest BCUT2D eigenvalue weighted by Gasteiger charge is 2.51. The van der Waals surface area contributed by atoms with E-state index in [1.165, 1.54) is 14.2 Å². The summed E-state index contributed by atoms with van der Waals surface area (Å²) in [6.07, 6.45) is -5.31. The minimum Gasteiger partial charge on any atom is -0.459 e. The van der Waals surface area contributed by atoms with Crippen LogP contribution in [-0.4, -0.2) is 69.4 Å². The lowest BCUT2D eigenvalue weighted by Gasteiger charge is -2.43. The number of esters is 3. The molecule has 0 amide bonds. The highest BCUT2D eigenvalue weighted by Crippen LogP contribution is 2.30. The average molecular weight is 521 g/mol. The zero-order valence-electron chi connectivity index (χ0n) is 20.9. The van der Waals surface area contributed by atoms with Crippen molar-refractivity contribution < 1.29 is 42.8 Å². The molecule has 0 radical (unpaired) electrons. The smallest absolute Gasteiger partial charge is 0.338 e. The second kappa shape index (κ2) is 13.0. The quantitative estimate of drug-likeness (QED) is 0.308. The predicted molar refractivity (Wildman–Crippen MR) is 134 cm³/mol. The molecule has 1 fully saturated rings. The van der Waals surface area contributed by atoms with Crippen LogP contribution in [0.3, 0.4) is 0 Å². The Morgan fingerprint density at radius 2 is 1.05 bits per heavy atom. The molecule has 0 unspecified atom stereocenters. The highest BCUT2D eigenvalue weighted by atomic mass is 16.7. The molecule has 38 heavy (non-hydrogen) atoms. The van der Waals surface area contributed by atoms with Crippen molar-refractivity contribution in [3.8, 4) is 0 Å². The van der Waals surface area contributed by atoms with Crippen molar-refractivity contribution in [3.05, 3.63) is 108 Å². The van der Waals surface area contributed by atoms with Crippen LogP contribution in [0.4, 0.5) is 0 Å². The molecular weight excluding hydrogens is 492 g/mol. The fourth-order valence-electron chi connectivity index (χ4n) is 4.09. The first kappa shape index (κ1) is 27.0. The van der Waals surface area contributed by atoms with Crippen LogP contribution in [0.2, 0.25) is 0 Å². The van der Waals surface area contributed by atoms with E-state index in [0.717, 1.165) is 0 Å². The van der Waals surface area contributed by atoms with Crippen LogP contribution >= 0.6 is 0 Å². The van der Waals surface area contributed by atoms with Gasteiger partial charge in [0.05, 0.1) is 16.7 Å². The molecule has 0 bridgehead atoms. The Morgan fingerprint density at radius 1 is 0.605 bits per heavy atom. The molecule has 1 aliphatic rings. The molecule has 1 saturated heterocycles. The average Bonchev–Trinajstić information content (AvgIpc) is 2.97. The number of carbonyl (C=O) groups is 3. The van der Waals surface area contributed by atoms with Gasteiger partial charge in [-0.2, -0.15) is 0 Å². The molecule has 1 aliphatic heterocycles. The van der Waals surface area contributed by atoms with E-state index < -0.39 is 48.6 Å². The minimum absolute atomic E-state index is 0.278. The van der Waals surface area contributed by atoms with Gasteiger partial charge in [-0.05, 0) is 36.4 Å². The normalized spacial score (nSPS) is 22.7. The molecule has 0 saturated carbocycles. The van der Waals surface area contributed by atoms with Crippen molar-refractivity contribution in [2.75, 3.05) is 20.8 Å². The second-order valence-electron chi connectivity index (χ2n) is 8.42. The van der Waals surface area contributed by atoms with Crippen molar-refractivity contribution in [3.63, 3.8) is 0 Å². The van der Waals surface area contributed by atoms with Gasteiger partial charge in [-0.25, -0.2) is 14.4 Å². The Kier molecular flexibility index (Phi) is 9.21. The van der Waals surface area contributed by atoms with E-state index in [2.05, 4.69) is 0 Å². The van der Waals surface area contributed by atoms with Crippen LogP contribution in [0.15, 0.2) is 91.0 Å². The highest BCUT2D eigenvalue weighted by molar-refractivity contribution is 5.90. The Labute approximate surface area is 220 Å². The Bertz CT molecular complexity index is 1200. The summed E-state index contributed by atoms with van der Waals surface area (Å²) in [6, 6.07) is 25.2. The topological polar surface area (TPSA) is 107 Å². The monoisotopic (exact) mass is 520 g/mol. The summed E-state index contributed by atoms with van der Waals surface area (Å²) >= 11 is 0. The molecule has 1 heterocycles. The lowest BCUT2D eigenvalue weighted by Crippen LogP contribution is -2.62. The molecule has 5 atom stereocenters. The molecule has 0 spiro atoms. The van der Waals surface area contributed by atoms with E-state index in [1.54, 1.807) is 91.0 Å². The van der Waals surface area contributed by atoms with Gasteiger partial charge in [-0.1, -0.05) is 54.6 Å². The summed E-state index contributed by atoms with van der Waals surface area (Å²) in [6.45, 7) is -0.278. The van der Waals surface area contributed by atoms with Crippen molar-refractivity contribution in [2.24, 2.45) is 0 Å². The summed E-state index contributed by atoms with van der Waals surface area (Å²) in [5, 5.41) is 0. The molecule has 4 rings (SSSR count). The zero-order valence-corrected chi connectivity index (χ0v) is 20.9. The van der Waals surface area contributed by atoms with Crippen molar-refractivity contribution in [2.45, 2.75) is 30.7 Å². The van der Waals surface area contributed by atoms with E-state index in [4.69, 9.17) is 28.4 Å². The number of carbonyl (C=O) groups excluding carboxylic acids is 3. The maximum Gasteiger partial charge on any atom is 0.338 e. The summed E-state index contributed by atoms with van der Waals surface area (Å²) in [7, 11) is 2.77. The number of hydrogen-bond acceptors (Lipinski definition) is 9. The fraction of sp³-hybridized carbons (Fsp3) is 0.276. The lowest BCUT2D eigenvalue weighted by molar-refractivity contribution is -0.296. The first-order chi connectivity index (χ1) is 18.5. The van der Waals surface area contributed by atoms with E-state index in [-0.39, 0.29) is 6.61 Å². The first-order valence-corrected chi connectivity index (χ1v) is 12.0. The van der Waals surface area contributed by atoms with Gasteiger partial charge in [0.25, 0.3) is 0 Å². The van der Waals surface area contributed by atoms with Gasteiger partial charge in [0.1, 0.15) is 18.8 Å². The maximum atomic E-state index is 13.0. The van der Waals surface area contributed by atoms with E-state index in [9.17, 15) is 14.4 Å². The predicted octanol–water partition coefficient (Wildman–Crippen LogP) is 3.68. The number of benzene rings is 3. The molecule has 0 N–H and O–H groups in total. The van der Waals surface area contributed by atoms with Gasteiger partial charge in [0.15, 0.2) is 18.5 Å². The van der Waals surface area contributed by atoms with Crippen LogP contribution < -0.4 is 0 Å². The van der Waals surface area contributed by atoms with E-state index >= 15 is 0 Å². The Morgan fingerprint density at radius 3 is 1.50 bits per heavy atom. The standard InChI is InChI=1S/C29H28O9/c1-33-24-23(37-27(31)20-14-8-4-9-15-20)22(18-35-26(30)19-12-6-3-7-13-19)36-29(34-2)25(24)38-28(32)21-16-10-5-11-17-21/h3-17,22-25,29H,18H2,1-2H3/t22-,23-,24+,25+,29-/m1/s1. The molecule has 3 aromatic carbocycles. The van der Waals surface area contributed by atoms with Gasteiger partial charge < -0.3 is 28.4 Å². The third kappa shape index (κ3) is 6.44. The van der Waals surface area contributed by atoms with Gasteiger partial charge in [0.2, 0.25) is 0 Å². The zero-order chi connectivity index (χ0) is 26.9. The summed E-state index contributed by atoms with van der Waals surface area (Å²) < 4.78 is 34.2. The SMILES string of the molecule is CO[C@@H]1O[C@H](COC(=O)c2ccccc2)[C@@H](OC(=O)c2ccccc2)[C@H](OC)[C@@H]1OC(=O)c1ccccc1. The van der Waals surface area contributed by atoms with E-state index in [0.29, 0.717) is 16.7 Å². The second-order valence-corrected chi connectivity index (χ2v) is 8.42. The molecule has 3 aromatic rings. The molecule has 198 valence electrons. The largest absolute Gasteiger partial charge is 0.459 e. The number of methoxy groups -OCH3 is 2. The van der Waals surface area contributed by atoms with Crippen molar-refractivity contribution in [1.29, 1.82) is 0 Å².